The fraction of sp³-hybridized carbons (Fsp3) is 0.455. The summed E-state index contributed by atoms with van der Waals surface area (Å²) in [6.45, 7) is 2.18. The summed E-state index contributed by atoms with van der Waals surface area (Å²) in [5.41, 5.74) is 1.38. The van der Waals surface area contributed by atoms with Crippen LogP contribution in [-0.2, 0) is 6.42 Å². The SMILES string of the molecule is CCCc1ccc(OC)cc1.CO. The maximum absolute atomic E-state index is 7.00. The van der Waals surface area contributed by atoms with Crippen molar-refractivity contribution in [3.05, 3.63) is 29.8 Å². The third-order valence-electron chi connectivity index (χ3n) is 1.70. The molecule has 2 heteroatoms. The molecule has 1 aromatic carbocycles. The molecule has 0 aromatic heterocycles. The van der Waals surface area contributed by atoms with Gasteiger partial charge in [-0.05, 0) is 24.1 Å². The van der Waals surface area contributed by atoms with Gasteiger partial charge in [0.15, 0.2) is 0 Å². The van der Waals surface area contributed by atoms with E-state index in [1.165, 1.54) is 12.0 Å². The van der Waals surface area contributed by atoms with Gasteiger partial charge in [0.2, 0.25) is 0 Å². The Kier molecular flexibility index (Phi) is 7.02. The molecule has 0 unspecified atom stereocenters. The van der Waals surface area contributed by atoms with Crippen LogP contribution in [0, 0.1) is 0 Å². The molecule has 1 N–H and O–H groups in total. The van der Waals surface area contributed by atoms with Crippen molar-refractivity contribution >= 4 is 0 Å². The summed E-state index contributed by atoms with van der Waals surface area (Å²) in [7, 11) is 2.69. The Morgan fingerprint density at radius 1 is 1.15 bits per heavy atom. The van der Waals surface area contributed by atoms with Gasteiger partial charge in [0, 0.05) is 7.11 Å². The van der Waals surface area contributed by atoms with Gasteiger partial charge in [0.05, 0.1) is 7.11 Å². The molecule has 0 amide bonds. The monoisotopic (exact) mass is 182 g/mol. The van der Waals surface area contributed by atoms with Crippen molar-refractivity contribution in [1.82, 2.24) is 0 Å². The summed E-state index contributed by atoms with van der Waals surface area (Å²) in [5, 5.41) is 7.00. The third kappa shape index (κ3) is 4.53. The number of benzene rings is 1. The Morgan fingerprint density at radius 3 is 2.08 bits per heavy atom. The zero-order valence-corrected chi connectivity index (χ0v) is 8.58. The highest BCUT2D eigenvalue weighted by molar-refractivity contribution is 5.27. The van der Waals surface area contributed by atoms with Gasteiger partial charge >= 0.3 is 0 Å². The molecule has 2 nitrogen and oxygen atoms in total. The number of hydrogen-bond donors (Lipinski definition) is 1. The van der Waals surface area contributed by atoms with Crippen LogP contribution in [0.4, 0.5) is 0 Å². The normalized spacial score (nSPS) is 8.62. The summed E-state index contributed by atoms with van der Waals surface area (Å²) in [4.78, 5) is 0. The number of ether oxygens (including phenoxy) is 1. The van der Waals surface area contributed by atoms with Crippen molar-refractivity contribution in [2.24, 2.45) is 0 Å². The summed E-state index contributed by atoms with van der Waals surface area (Å²) in [5.74, 6) is 0.935. The highest BCUT2D eigenvalue weighted by Crippen LogP contribution is 2.11. The first-order valence-corrected chi connectivity index (χ1v) is 4.44. The molecule has 74 valence electrons. The van der Waals surface area contributed by atoms with Gasteiger partial charge in [0.1, 0.15) is 5.75 Å². The Morgan fingerprint density at radius 2 is 1.69 bits per heavy atom. The van der Waals surface area contributed by atoms with Gasteiger partial charge in [-0.2, -0.15) is 0 Å². The molecule has 0 spiro atoms. The maximum Gasteiger partial charge on any atom is 0.118 e. The Balaban J connectivity index is 0.000000671. The average Bonchev–Trinajstić information content (AvgIpc) is 2.23. The summed E-state index contributed by atoms with van der Waals surface area (Å²) in [6.07, 6.45) is 2.36. The molecule has 1 aromatic rings. The van der Waals surface area contributed by atoms with E-state index in [4.69, 9.17) is 9.84 Å². The van der Waals surface area contributed by atoms with Gasteiger partial charge in [-0.15, -0.1) is 0 Å². The largest absolute Gasteiger partial charge is 0.497 e. The van der Waals surface area contributed by atoms with Crippen LogP contribution in [0.25, 0.3) is 0 Å². The quantitative estimate of drug-likeness (QED) is 0.777. The van der Waals surface area contributed by atoms with Gasteiger partial charge in [-0.3, -0.25) is 0 Å². The smallest absolute Gasteiger partial charge is 0.118 e. The van der Waals surface area contributed by atoms with Crippen LogP contribution in [0.15, 0.2) is 24.3 Å². The zero-order valence-electron chi connectivity index (χ0n) is 8.58. The number of aliphatic hydroxyl groups excluding tert-OH is 1. The lowest BCUT2D eigenvalue weighted by Crippen LogP contribution is -1.84. The van der Waals surface area contributed by atoms with E-state index >= 15 is 0 Å². The maximum atomic E-state index is 7.00. The minimum absolute atomic E-state index is 0.935. The molecule has 0 fully saturated rings. The number of aliphatic hydroxyl groups is 1. The Labute approximate surface area is 80.2 Å². The first-order valence-electron chi connectivity index (χ1n) is 4.44. The van der Waals surface area contributed by atoms with Crippen LogP contribution >= 0.6 is 0 Å². The predicted octanol–water partition coefficient (Wildman–Crippen LogP) is 2.26. The molecule has 0 aliphatic rings. The van der Waals surface area contributed by atoms with Crippen LogP contribution in [0.3, 0.4) is 0 Å². The van der Waals surface area contributed by atoms with Gasteiger partial charge in [-0.1, -0.05) is 25.5 Å². The lowest BCUT2D eigenvalue weighted by atomic mass is 10.1. The molecule has 0 radical (unpaired) electrons. The molecule has 13 heavy (non-hydrogen) atoms. The number of aryl methyl sites for hydroxylation is 1. The number of rotatable bonds is 3. The predicted molar refractivity (Wildman–Crippen MR) is 55.1 cm³/mol. The molecule has 1 rings (SSSR count). The van der Waals surface area contributed by atoms with Gasteiger partial charge in [-0.25, -0.2) is 0 Å². The molecule has 0 aliphatic carbocycles. The van der Waals surface area contributed by atoms with Gasteiger partial charge in [0.25, 0.3) is 0 Å². The highest BCUT2D eigenvalue weighted by atomic mass is 16.5. The first kappa shape index (κ1) is 12.0. The van der Waals surface area contributed by atoms with Crippen LogP contribution in [-0.4, -0.2) is 19.3 Å². The molecular formula is C11H18O2. The molecule has 0 saturated heterocycles. The molecule has 0 bridgehead atoms. The van der Waals surface area contributed by atoms with Crippen LogP contribution in [0.2, 0.25) is 0 Å². The molecule has 0 heterocycles. The summed E-state index contributed by atoms with van der Waals surface area (Å²) >= 11 is 0. The van der Waals surface area contributed by atoms with E-state index in [9.17, 15) is 0 Å². The van der Waals surface area contributed by atoms with Gasteiger partial charge < -0.3 is 9.84 Å². The summed E-state index contributed by atoms with van der Waals surface area (Å²) < 4.78 is 5.05. The standard InChI is InChI=1S/C10H14O.CH4O/c1-3-4-9-5-7-10(11-2)8-6-9;1-2/h5-8H,3-4H2,1-2H3;2H,1H3. The fourth-order valence-corrected chi connectivity index (χ4v) is 1.08. The van der Waals surface area contributed by atoms with E-state index in [1.807, 2.05) is 12.1 Å². The minimum Gasteiger partial charge on any atom is -0.497 e. The lowest BCUT2D eigenvalue weighted by Gasteiger charge is -2.00. The molecule has 0 saturated carbocycles. The Hall–Kier alpha value is -1.02. The van der Waals surface area contributed by atoms with Crippen LogP contribution < -0.4 is 4.74 Å². The van der Waals surface area contributed by atoms with E-state index in [0.29, 0.717) is 0 Å². The van der Waals surface area contributed by atoms with Crippen LogP contribution in [0.5, 0.6) is 5.75 Å². The van der Waals surface area contributed by atoms with Crippen molar-refractivity contribution in [1.29, 1.82) is 0 Å². The van der Waals surface area contributed by atoms with Crippen molar-refractivity contribution in [3.63, 3.8) is 0 Å². The van der Waals surface area contributed by atoms with Crippen molar-refractivity contribution in [3.8, 4) is 5.75 Å². The lowest BCUT2D eigenvalue weighted by molar-refractivity contribution is 0.399. The van der Waals surface area contributed by atoms with Crippen LogP contribution in [0.1, 0.15) is 18.9 Å². The molecular weight excluding hydrogens is 164 g/mol. The highest BCUT2D eigenvalue weighted by Gasteiger charge is 1.91. The van der Waals surface area contributed by atoms with Crippen molar-refractivity contribution in [2.45, 2.75) is 19.8 Å². The van der Waals surface area contributed by atoms with Crippen molar-refractivity contribution in [2.75, 3.05) is 14.2 Å². The molecule has 0 aliphatic heterocycles. The number of hydrogen-bond acceptors (Lipinski definition) is 2. The van der Waals surface area contributed by atoms with Crippen molar-refractivity contribution < 1.29 is 9.84 Å². The van der Waals surface area contributed by atoms with E-state index in [0.717, 1.165) is 19.3 Å². The van der Waals surface area contributed by atoms with E-state index in [-0.39, 0.29) is 0 Å². The zero-order chi connectivity index (χ0) is 10.1. The van der Waals surface area contributed by atoms with E-state index < -0.39 is 0 Å². The second-order valence-corrected chi connectivity index (χ2v) is 2.60. The van der Waals surface area contributed by atoms with E-state index in [1.54, 1.807) is 7.11 Å². The average molecular weight is 182 g/mol. The third-order valence-corrected chi connectivity index (χ3v) is 1.70. The second kappa shape index (κ2) is 7.62. The topological polar surface area (TPSA) is 29.5 Å². The van der Waals surface area contributed by atoms with E-state index in [2.05, 4.69) is 19.1 Å². The Bertz CT molecular complexity index is 204. The second-order valence-electron chi connectivity index (χ2n) is 2.60. The first-order chi connectivity index (χ1) is 6.36. The molecule has 0 atom stereocenters. The number of methoxy groups -OCH3 is 1. The summed E-state index contributed by atoms with van der Waals surface area (Å²) in [6, 6.07) is 8.24. The fourth-order valence-electron chi connectivity index (χ4n) is 1.08. The minimum atomic E-state index is 0.935.